The van der Waals surface area contributed by atoms with Crippen LogP contribution in [0, 0.1) is 0 Å². The smallest absolute Gasteiger partial charge is 0.0693 e. The first-order chi connectivity index (χ1) is 3.63. The lowest BCUT2D eigenvalue weighted by atomic mass is 10.3. The van der Waals surface area contributed by atoms with Crippen molar-refractivity contribution in [2.24, 2.45) is 0 Å². The standard InChI is InChI=1S/C6H12O2/c1-5(7)3-4-6(2)8/h3-8H,1-2H3/b4-3-/t5-,6-/m0/s1. The Morgan fingerprint density at radius 3 is 1.38 bits per heavy atom. The monoisotopic (exact) mass is 116 g/mol. The van der Waals surface area contributed by atoms with Gasteiger partial charge in [-0.15, -0.1) is 0 Å². The van der Waals surface area contributed by atoms with E-state index in [0.29, 0.717) is 0 Å². The fourth-order valence-electron chi connectivity index (χ4n) is 0.322. The summed E-state index contributed by atoms with van der Waals surface area (Å²) in [7, 11) is 0. The van der Waals surface area contributed by atoms with Crippen LogP contribution in [0.3, 0.4) is 0 Å². The van der Waals surface area contributed by atoms with Crippen molar-refractivity contribution in [1.82, 2.24) is 0 Å². The Kier molecular flexibility index (Phi) is 3.48. The van der Waals surface area contributed by atoms with Crippen LogP contribution < -0.4 is 0 Å². The number of aliphatic hydroxyl groups is 2. The molecule has 0 spiro atoms. The van der Waals surface area contributed by atoms with E-state index in [4.69, 9.17) is 10.2 Å². The molecule has 2 N–H and O–H groups in total. The van der Waals surface area contributed by atoms with E-state index in [0.717, 1.165) is 0 Å². The molecule has 0 heterocycles. The average Bonchev–Trinajstić information content (AvgIpc) is 1.61. The number of hydrogen-bond donors (Lipinski definition) is 2. The Morgan fingerprint density at radius 1 is 1.00 bits per heavy atom. The predicted molar refractivity (Wildman–Crippen MR) is 32.5 cm³/mol. The van der Waals surface area contributed by atoms with Gasteiger partial charge in [0.05, 0.1) is 12.2 Å². The van der Waals surface area contributed by atoms with E-state index in [1.54, 1.807) is 26.0 Å². The number of hydrogen-bond acceptors (Lipinski definition) is 2. The van der Waals surface area contributed by atoms with Gasteiger partial charge in [-0.3, -0.25) is 0 Å². The normalized spacial score (nSPS) is 19.0. The Labute approximate surface area is 49.5 Å². The van der Waals surface area contributed by atoms with Crippen LogP contribution in [-0.4, -0.2) is 22.4 Å². The molecular formula is C6H12O2. The summed E-state index contributed by atoms with van der Waals surface area (Å²) in [5.41, 5.74) is 0. The molecule has 0 aliphatic heterocycles. The molecule has 0 aromatic heterocycles. The second kappa shape index (κ2) is 3.64. The van der Waals surface area contributed by atoms with Gasteiger partial charge >= 0.3 is 0 Å². The zero-order chi connectivity index (χ0) is 6.57. The van der Waals surface area contributed by atoms with Crippen LogP contribution in [0.1, 0.15) is 13.8 Å². The van der Waals surface area contributed by atoms with E-state index >= 15 is 0 Å². The summed E-state index contributed by atoms with van der Waals surface area (Å²) in [5, 5.41) is 17.2. The van der Waals surface area contributed by atoms with Crippen LogP contribution in [0.5, 0.6) is 0 Å². The molecule has 0 aromatic rings. The van der Waals surface area contributed by atoms with Crippen molar-refractivity contribution >= 4 is 0 Å². The fraction of sp³-hybridized carbons (Fsp3) is 0.667. The Hall–Kier alpha value is -0.340. The summed E-state index contributed by atoms with van der Waals surface area (Å²) in [5.74, 6) is 0. The predicted octanol–water partition coefficient (Wildman–Crippen LogP) is 0.304. The SMILES string of the molecule is C[C@H](O)/C=C\[C@H](C)O. The Morgan fingerprint density at radius 2 is 1.25 bits per heavy atom. The van der Waals surface area contributed by atoms with Crippen LogP contribution in [0.25, 0.3) is 0 Å². The van der Waals surface area contributed by atoms with Gasteiger partial charge in [0.1, 0.15) is 0 Å². The third-order valence-electron chi connectivity index (χ3n) is 0.668. The molecule has 2 heteroatoms. The van der Waals surface area contributed by atoms with Gasteiger partial charge in [-0.2, -0.15) is 0 Å². The number of rotatable bonds is 2. The van der Waals surface area contributed by atoms with Crippen LogP contribution in [0.15, 0.2) is 12.2 Å². The minimum Gasteiger partial charge on any atom is -0.389 e. The maximum atomic E-state index is 8.60. The molecule has 0 rings (SSSR count). The molecule has 2 nitrogen and oxygen atoms in total. The van der Waals surface area contributed by atoms with Crippen molar-refractivity contribution in [1.29, 1.82) is 0 Å². The Balaban J connectivity index is 3.34. The molecule has 8 heavy (non-hydrogen) atoms. The molecule has 0 unspecified atom stereocenters. The molecule has 48 valence electrons. The van der Waals surface area contributed by atoms with Crippen molar-refractivity contribution in [3.63, 3.8) is 0 Å². The van der Waals surface area contributed by atoms with Gasteiger partial charge in [0.2, 0.25) is 0 Å². The van der Waals surface area contributed by atoms with E-state index in [-0.39, 0.29) is 0 Å². The van der Waals surface area contributed by atoms with Crippen molar-refractivity contribution in [3.05, 3.63) is 12.2 Å². The first-order valence-electron chi connectivity index (χ1n) is 2.67. The lowest BCUT2D eigenvalue weighted by Gasteiger charge is -1.94. The highest BCUT2D eigenvalue weighted by atomic mass is 16.3. The van der Waals surface area contributed by atoms with Gasteiger partial charge in [0.25, 0.3) is 0 Å². The molecule has 0 fully saturated rings. The lowest BCUT2D eigenvalue weighted by Crippen LogP contribution is -1.97. The quantitative estimate of drug-likeness (QED) is 0.509. The Bertz CT molecular complexity index is 64.6. The van der Waals surface area contributed by atoms with Gasteiger partial charge in [-0.05, 0) is 13.8 Å². The summed E-state index contributed by atoms with van der Waals surface area (Å²) >= 11 is 0. The van der Waals surface area contributed by atoms with Crippen molar-refractivity contribution in [2.75, 3.05) is 0 Å². The maximum absolute atomic E-state index is 8.60. The van der Waals surface area contributed by atoms with Gasteiger partial charge in [-0.25, -0.2) is 0 Å². The minimum absolute atomic E-state index is 0.454. The largest absolute Gasteiger partial charge is 0.389 e. The summed E-state index contributed by atoms with van der Waals surface area (Å²) in [4.78, 5) is 0. The maximum Gasteiger partial charge on any atom is 0.0693 e. The molecule has 0 amide bonds. The van der Waals surface area contributed by atoms with Crippen molar-refractivity contribution < 1.29 is 10.2 Å². The van der Waals surface area contributed by atoms with E-state index in [9.17, 15) is 0 Å². The summed E-state index contributed by atoms with van der Waals surface area (Å²) in [6, 6.07) is 0. The van der Waals surface area contributed by atoms with Gasteiger partial charge in [-0.1, -0.05) is 12.2 Å². The van der Waals surface area contributed by atoms with Crippen LogP contribution in [0.2, 0.25) is 0 Å². The van der Waals surface area contributed by atoms with Crippen LogP contribution in [0.4, 0.5) is 0 Å². The first kappa shape index (κ1) is 7.66. The minimum atomic E-state index is -0.454. The topological polar surface area (TPSA) is 40.5 Å². The second-order valence-electron chi connectivity index (χ2n) is 1.87. The number of aliphatic hydroxyl groups excluding tert-OH is 2. The molecule has 0 radical (unpaired) electrons. The highest BCUT2D eigenvalue weighted by Crippen LogP contribution is 1.86. The molecule has 0 bridgehead atoms. The van der Waals surface area contributed by atoms with E-state index in [1.165, 1.54) is 0 Å². The lowest BCUT2D eigenvalue weighted by molar-refractivity contribution is 0.228. The molecule has 0 aliphatic rings. The highest BCUT2D eigenvalue weighted by molar-refractivity contribution is 4.89. The first-order valence-corrected chi connectivity index (χ1v) is 2.67. The fourth-order valence-corrected chi connectivity index (χ4v) is 0.322. The molecule has 0 aliphatic carbocycles. The molecular weight excluding hydrogens is 104 g/mol. The van der Waals surface area contributed by atoms with E-state index < -0.39 is 12.2 Å². The molecule has 0 saturated carbocycles. The van der Waals surface area contributed by atoms with Gasteiger partial charge in [0.15, 0.2) is 0 Å². The molecule has 0 aromatic carbocycles. The summed E-state index contributed by atoms with van der Waals surface area (Å²) in [6.07, 6.45) is 2.18. The second-order valence-corrected chi connectivity index (χ2v) is 1.87. The average molecular weight is 116 g/mol. The van der Waals surface area contributed by atoms with E-state index in [2.05, 4.69) is 0 Å². The third kappa shape index (κ3) is 5.66. The summed E-state index contributed by atoms with van der Waals surface area (Å²) < 4.78 is 0. The highest BCUT2D eigenvalue weighted by Gasteiger charge is 1.87. The molecule has 2 atom stereocenters. The van der Waals surface area contributed by atoms with Crippen LogP contribution in [-0.2, 0) is 0 Å². The zero-order valence-electron chi connectivity index (χ0n) is 5.20. The van der Waals surface area contributed by atoms with Gasteiger partial charge < -0.3 is 10.2 Å². The molecule has 0 saturated heterocycles. The third-order valence-corrected chi connectivity index (χ3v) is 0.668. The zero-order valence-corrected chi connectivity index (χ0v) is 5.20. The van der Waals surface area contributed by atoms with E-state index in [1.807, 2.05) is 0 Å². The van der Waals surface area contributed by atoms with Crippen LogP contribution >= 0.6 is 0 Å². The summed E-state index contributed by atoms with van der Waals surface area (Å²) in [6.45, 7) is 3.28. The van der Waals surface area contributed by atoms with Crippen molar-refractivity contribution in [3.8, 4) is 0 Å². The van der Waals surface area contributed by atoms with Gasteiger partial charge in [0, 0.05) is 0 Å². The van der Waals surface area contributed by atoms with Crippen molar-refractivity contribution in [2.45, 2.75) is 26.1 Å².